The molecule has 0 saturated carbocycles. The highest BCUT2D eigenvalue weighted by Crippen LogP contribution is 1.92. The maximum atomic E-state index is 11.4. The third-order valence-electron chi connectivity index (χ3n) is 2.07. The topological polar surface area (TPSA) is 53.6 Å². The maximum absolute atomic E-state index is 11.4. The fourth-order valence-electron chi connectivity index (χ4n) is 1.29. The summed E-state index contributed by atoms with van der Waals surface area (Å²) in [6.45, 7) is 6.65. The summed E-state index contributed by atoms with van der Waals surface area (Å²) in [7, 11) is 0. The molecule has 1 rings (SSSR count). The van der Waals surface area contributed by atoms with Gasteiger partial charge in [-0.2, -0.15) is 0 Å². The molecule has 5 heteroatoms. The lowest BCUT2D eigenvalue weighted by molar-refractivity contribution is -0.127. The minimum Gasteiger partial charge on any atom is -0.379 e. The first-order valence-electron chi connectivity index (χ1n) is 5.16. The molecule has 14 heavy (non-hydrogen) atoms. The Morgan fingerprint density at radius 3 is 2.79 bits per heavy atom. The molecule has 1 aliphatic heterocycles. The smallest absolute Gasteiger partial charge is 0.235 e. The van der Waals surface area contributed by atoms with Crippen LogP contribution < -0.4 is 10.7 Å². The number of hydrogen-bond acceptors (Lipinski definition) is 4. The van der Waals surface area contributed by atoms with Crippen LogP contribution in [0.5, 0.6) is 0 Å². The van der Waals surface area contributed by atoms with Crippen LogP contribution in [-0.2, 0) is 9.53 Å². The van der Waals surface area contributed by atoms with Crippen LogP contribution in [0, 0.1) is 0 Å². The van der Waals surface area contributed by atoms with Gasteiger partial charge < -0.3 is 10.1 Å². The van der Waals surface area contributed by atoms with Crippen LogP contribution in [0.3, 0.4) is 0 Å². The quantitative estimate of drug-likeness (QED) is 0.580. The molecule has 82 valence electrons. The molecule has 0 atom stereocenters. The SMILES string of the molecule is CCNCCC(=O)NN1CCOCC1. The first-order valence-corrected chi connectivity index (χ1v) is 5.16. The minimum atomic E-state index is 0.0767. The molecule has 1 amide bonds. The van der Waals surface area contributed by atoms with E-state index >= 15 is 0 Å². The monoisotopic (exact) mass is 201 g/mol. The summed E-state index contributed by atoms with van der Waals surface area (Å²) in [6.07, 6.45) is 0.533. The van der Waals surface area contributed by atoms with E-state index in [4.69, 9.17) is 4.74 Å². The van der Waals surface area contributed by atoms with Gasteiger partial charge >= 0.3 is 0 Å². The second-order valence-corrected chi connectivity index (χ2v) is 3.24. The molecule has 0 spiro atoms. The lowest BCUT2D eigenvalue weighted by atomic mass is 10.4. The molecular formula is C9H19N3O2. The number of amides is 1. The average molecular weight is 201 g/mol. The van der Waals surface area contributed by atoms with Crippen molar-refractivity contribution in [3.63, 3.8) is 0 Å². The molecule has 0 unspecified atom stereocenters. The molecule has 1 heterocycles. The zero-order chi connectivity index (χ0) is 10.2. The van der Waals surface area contributed by atoms with E-state index in [0.29, 0.717) is 19.6 Å². The largest absolute Gasteiger partial charge is 0.379 e. The zero-order valence-corrected chi connectivity index (χ0v) is 8.71. The number of hydrazine groups is 1. The molecule has 0 aliphatic carbocycles. The third-order valence-corrected chi connectivity index (χ3v) is 2.07. The number of carbonyl (C=O) groups is 1. The van der Waals surface area contributed by atoms with E-state index in [2.05, 4.69) is 10.7 Å². The Bertz CT molecular complexity index is 169. The van der Waals surface area contributed by atoms with Gasteiger partial charge in [0.25, 0.3) is 0 Å². The van der Waals surface area contributed by atoms with E-state index in [0.717, 1.165) is 26.2 Å². The van der Waals surface area contributed by atoms with Gasteiger partial charge in [-0.3, -0.25) is 10.2 Å². The van der Waals surface area contributed by atoms with Crippen LogP contribution in [0.1, 0.15) is 13.3 Å². The normalized spacial score (nSPS) is 18.1. The Labute approximate surface area is 84.8 Å². The maximum Gasteiger partial charge on any atom is 0.235 e. The average Bonchev–Trinajstić information content (AvgIpc) is 2.20. The summed E-state index contributed by atoms with van der Waals surface area (Å²) < 4.78 is 5.17. The van der Waals surface area contributed by atoms with Crippen LogP contribution in [0.25, 0.3) is 0 Å². The Balaban J connectivity index is 2.06. The number of nitrogens with one attached hydrogen (secondary N) is 2. The van der Waals surface area contributed by atoms with Crippen LogP contribution >= 0.6 is 0 Å². The molecular weight excluding hydrogens is 182 g/mol. The van der Waals surface area contributed by atoms with Crippen molar-refractivity contribution in [2.75, 3.05) is 39.4 Å². The molecule has 0 bridgehead atoms. The predicted octanol–water partition coefficient (Wildman–Crippen LogP) is -0.651. The van der Waals surface area contributed by atoms with Gasteiger partial charge in [-0.15, -0.1) is 0 Å². The van der Waals surface area contributed by atoms with Crippen molar-refractivity contribution in [2.45, 2.75) is 13.3 Å². The molecule has 1 saturated heterocycles. The van der Waals surface area contributed by atoms with Crippen molar-refractivity contribution in [3.8, 4) is 0 Å². The van der Waals surface area contributed by atoms with E-state index in [1.54, 1.807) is 0 Å². The lowest BCUT2D eigenvalue weighted by Crippen LogP contribution is -2.48. The molecule has 0 radical (unpaired) electrons. The van der Waals surface area contributed by atoms with Gasteiger partial charge in [-0.25, -0.2) is 5.01 Å². The van der Waals surface area contributed by atoms with E-state index in [-0.39, 0.29) is 5.91 Å². The third kappa shape index (κ3) is 4.55. The first kappa shape index (κ1) is 11.4. The standard InChI is InChI=1S/C9H19N3O2/c1-2-10-4-3-9(13)11-12-5-7-14-8-6-12/h10H,2-8H2,1H3,(H,11,13). The molecule has 0 aromatic carbocycles. The number of hydrogen-bond donors (Lipinski definition) is 2. The highest BCUT2D eigenvalue weighted by atomic mass is 16.5. The fourth-order valence-corrected chi connectivity index (χ4v) is 1.29. The van der Waals surface area contributed by atoms with E-state index in [9.17, 15) is 4.79 Å². The Morgan fingerprint density at radius 2 is 2.14 bits per heavy atom. The molecule has 1 fully saturated rings. The first-order chi connectivity index (χ1) is 6.83. The number of morpholine rings is 1. The summed E-state index contributed by atoms with van der Waals surface area (Å²) in [5.74, 6) is 0.0767. The molecule has 1 aliphatic rings. The van der Waals surface area contributed by atoms with Crippen molar-refractivity contribution in [3.05, 3.63) is 0 Å². The highest BCUT2D eigenvalue weighted by molar-refractivity contribution is 5.75. The van der Waals surface area contributed by atoms with Gasteiger partial charge in [0.1, 0.15) is 0 Å². The van der Waals surface area contributed by atoms with Gasteiger partial charge in [-0.1, -0.05) is 6.92 Å². The van der Waals surface area contributed by atoms with Gasteiger partial charge in [-0.05, 0) is 6.54 Å². The second-order valence-electron chi connectivity index (χ2n) is 3.24. The summed E-state index contributed by atoms with van der Waals surface area (Å²) in [6, 6.07) is 0. The number of rotatable bonds is 5. The van der Waals surface area contributed by atoms with Gasteiger partial charge in [0.05, 0.1) is 13.2 Å². The second kappa shape index (κ2) is 6.75. The van der Waals surface area contributed by atoms with Crippen molar-refractivity contribution in [1.29, 1.82) is 0 Å². The summed E-state index contributed by atoms with van der Waals surface area (Å²) >= 11 is 0. The van der Waals surface area contributed by atoms with Crippen LogP contribution in [0.2, 0.25) is 0 Å². The van der Waals surface area contributed by atoms with Crippen LogP contribution in [-0.4, -0.2) is 50.3 Å². The van der Waals surface area contributed by atoms with Crippen molar-refractivity contribution in [1.82, 2.24) is 15.8 Å². The number of ether oxygens (including phenoxy) is 1. The van der Waals surface area contributed by atoms with E-state index < -0.39 is 0 Å². The predicted molar refractivity (Wildman–Crippen MR) is 53.7 cm³/mol. The molecule has 2 N–H and O–H groups in total. The van der Waals surface area contributed by atoms with Gasteiger partial charge in [0.2, 0.25) is 5.91 Å². The lowest BCUT2D eigenvalue weighted by Gasteiger charge is -2.26. The molecule has 5 nitrogen and oxygen atoms in total. The number of carbonyl (C=O) groups excluding carboxylic acids is 1. The summed E-state index contributed by atoms with van der Waals surface area (Å²) in [5.41, 5.74) is 2.85. The van der Waals surface area contributed by atoms with Crippen molar-refractivity contribution in [2.24, 2.45) is 0 Å². The van der Waals surface area contributed by atoms with Crippen LogP contribution in [0.4, 0.5) is 0 Å². The van der Waals surface area contributed by atoms with Gasteiger partial charge in [0, 0.05) is 26.1 Å². The Hall–Kier alpha value is -0.650. The Kier molecular flexibility index (Phi) is 5.51. The van der Waals surface area contributed by atoms with Crippen molar-refractivity contribution < 1.29 is 9.53 Å². The molecule has 0 aromatic heterocycles. The number of nitrogens with zero attached hydrogens (tertiary/aromatic N) is 1. The highest BCUT2D eigenvalue weighted by Gasteiger charge is 2.12. The van der Waals surface area contributed by atoms with E-state index in [1.165, 1.54) is 0 Å². The van der Waals surface area contributed by atoms with Gasteiger partial charge in [0.15, 0.2) is 0 Å². The fraction of sp³-hybridized carbons (Fsp3) is 0.889. The van der Waals surface area contributed by atoms with Crippen molar-refractivity contribution >= 4 is 5.91 Å². The summed E-state index contributed by atoms with van der Waals surface area (Å²) in [4.78, 5) is 11.4. The van der Waals surface area contributed by atoms with Crippen LogP contribution in [0.15, 0.2) is 0 Å². The Morgan fingerprint density at radius 1 is 1.43 bits per heavy atom. The zero-order valence-electron chi connectivity index (χ0n) is 8.71. The minimum absolute atomic E-state index is 0.0767. The molecule has 0 aromatic rings. The van der Waals surface area contributed by atoms with E-state index in [1.807, 2.05) is 11.9 Å². The summed E-state index contributed by atoms with van der Waals surface area (Å²) in [5, 5.41) is 5.03.